The van der Waals surface area contributed by atoms with Gasteiger partial charge in [0.15, 0.2) is 29.9 Å². The van der Waals surface area contributed by atoms with Gasteiger partial charge in [-0.25, -0.2) is 0 Å². The van der Waals surface area contributed by atoms with E-state index >= 15 is 0 Å². The normalized spacial score (nSPS) is 14.8. The molecule has 0 radical (unpaired) electrons. The summed E-state index contributed by atoms with van der Waals surface area (Å²) in [6.45, 7) is -1.06. The number of carbonyl (C=O) groups excluding carboxylic acids is 1. The molecule has 2 aromatic rings. The third kappa shape index (κ3) is 6.46. The average molecular weight is 458 g/mol. The van der Waals surface area contributed by atoms with Crippen molar-refractivity contribution < 1.29 is 24.5 Å². The molecular formula is C20H28ClN3O5S. The van der Waals surface area contributed by atoms with Crippen molar-refractivity contribution in [2.45, 2.75) is 44.6 Å². The number of amides is 1. The molecule has 30 heavy (non-hydrogen) atoms. The lowest BCUT2D eigenvalue weighted by Gasteiger charge is -2.16. The number of ether oxygens (including phenoxy) is 2. The summed E-state index contributed by atoms with van der Waals surface area (Å²) in [6, 6.07) is 5.13. The van der Waals surface area contributed by atoms with Crippen LogP contribution in [0, 0.1) is 0 Å². The van der Waals surface area contributed by atoms with Gasteiger partial charge < -0.3 is 29.6 Å². The monoisotopic (exact) mass is 457 g/mol. The molecule has 1 aliphatic carbocycles. The first-order chi connectivity index (χ1) is 14.1. The van der Waals surface area contributed by atoms with Crippen molar-refractivity contribution in [2.24, 2.45) is 12.0 Å². The van der Waals surface area contributed by atoms with Gasteiger partial charge in [-0.1, -0.05) is 19.3 Å². The van der Waals surface area contributed by atoms with Gasteiger partial charge in [-0.3, -0.25) is 9.79 Å². The van der Waals surface area contributed by atoms with E-state index in [4.69, 9.17) is 24.7 Å². The number of anilines is 1. The lowest BCUT2D eigenvalue weighted by molar-refractivity contribution is -0.115. The van der Waals surface area contributed by atoms with E-state index in [9.17, 15) is 4.79 Å². The number of benzene rings is 1. The Morgan fingerprint density at radius 1 is 1.20 bits per heavy atom. The molecular weight excluding hydrogens is 430 g/mol. The second-order valence-electron chi connectivity index (χ2n) is 6.92. The van der Waals surface area contributed by atoms with Crippen molar-refractivity contribution in [1.29, 1.82) is 0 Å². The van der Waals surface area contributed by atoms with Crippen molar-refractivity contribution in [3.05, 3.63) is 34.1 Å². The highest BCUT2D eigenvalue weighted by Gasteiger charge is 2.14. The van der Waals surface area contributed by atoms with Gasteiger partial charge in [0, 0.05) is 29.9 Å². The number of nitrogens with zero attached hydrogens (tertiary/aromatic N) is 2. The lowest BCUT2D eigenvalue weighted by atomic mass is 9.96. The molecule has 0 spiro atoms. The van der Waals surface area contributed by atoms with Crippen LogP contribution in [0.15, 0.2) is 28.6 Å². The maximum absolute atomic E-state index is 12.5. The molecule has 0 aliphatic heterocycles. The third-order valence-corrected chi connectivity index (χ3v) is 5.88. The fourth-order valence-corrected chi connectivity index (χ4v) is 4.34. The fraction of sp³-hybridized carbons (Fsp3) is 0.500. The van der Waals surface area contributed by atoms with E-state index < -0.39 is 13.6 Å². The maximum atomic E-state index is 12.5. The van der Waals surface area contributed by atoms with Crippen molar-refractivity contribution in [3.8, 4) is 11.5 Å². The predicted molar refractivity (Wildman–Crippen MR) is 117 cm³/mol. The number of rotatable bonds is 8. The van der Waals surface area contributed by atoms with E-state index in [0.717, 1.165) is 23.3 Å². The molecule has 0 unspecified atom stereocenters. The first-order valence-electron chi connectivity index (χ1n) is 9.69. The molecule has 0 atom stereocenters. The number of hydrogen-bond acceptors (Lipinski definition) is 7. The molecule has 8 nitrogen and oxygen atoms in total. The predicted octanol–water partition coefficient (Wildman–Crippen LogP) is 2.58. The highest BCUT2D eigenvalue weighted by molar-refractivity contribution is 7.07. The number of hydrogen-bond donors (Lipinski definition) is 3. The number of nitrogens with one attached hydrogen (secondary N) is 1. The van der Waals surface area contributed by atoms with E-state index in [1.165, 1.54) is 25.3 Å². The van der Waals surface area contributed by atoms with Crippen LogP contribution in [-0.2, 0) is 18.3 Å². The van der Waals surface area contributed by atoms with Crippen LogP contribution in [0.4, 0.5) is 5.69 Å². The molecule has 0 bridgehead atoms. The van der Waals surface area contributed by atoms with Crippen LogP contribution in [-0.4, -0.2) is 40.3 Å². The van der Waals surface area contributed by atoms with Crippen molar-refractivity contribution in [2.75, 3.05) is 18.9 Å². The molecule has 1 aliphatic rings. The zero-order valence-electron chi connectivity index (χ0n) is 16.9. The first-order valence-corrected chi connectivity index (χ1v) is 10.6. The number of thiazole rings is 1. The Balaban J connectivity index is 0.00000320. The second-order valence-corrected chi connectivity index (χ2v) is 7.76. The van der Waals surface area contributed by atoms with E-state index in [2.05, 4.69) is 5.32 Å². The minimum Gasteiger partial charge on any atom is -0.464 e. The third-order valence-electron chi connectivity index (χ3n) is 4.90. The number of halogens is 1. The van der Waals surface area contributed by atoms with Crippen molar-refractivity contribution in [3.63, 3.8) is 0 Å². The van der Waals surface area contributed by atoms with Gasteiger partial charge in [0.2, 0.25) is 5.91 Å². The van der Waals surface area contributed by atoms with E-state index in [1.54, 1.807) is 23.5 Å². The second kappa shape index (κ2) is 11.9. The summed E-state index contributed by atoms with van der Waals surface area (Å²) in [5, 5.41) is 22.7. The zero-order valence-corrected chi connectivity index (χ0v) is 18.5. The molecule has 1 fully saturated rings. The number of aliphatic hydroxyl groups is 2. The highest BCUT2D eigenvalue weighted by Crippen LogP contribution is 2.30. The van der Waals surface area contributed by atoms with Gasteiger partial charge >= 0.3 is 0 Å². The molecule has 166 valence electrons. The molecule has 0 saturated heterocycles. The summed E-state index contributed by atoms with van der Waals surface area (Å²) < 4.78 is 12.1. The van der Waals surface area contributed by atoms with Gasteiger partial charge in [-0.05, 0) is 25.0 Å². The van der Waals surface area contributed by atoms with Crippen LogP contribution in [0.5, 0.6) is 11.5 Å². The van der Waals surface area contributed by atoms with Crippen LogP contribution >= 0.6 is 23.7 Å². The standard InChI is InChI=1S/C20H27N3O5S.ClH/c1-23-16(11-29-20(23)22-14-5-3-2-4-6-14)10-19(26)21-15-7-8-17(27-12-24)18(9-15)28-13-25;/h7-9,11,14,24-25H,2-6,10,12-13H2,1H3,(H,21,26);1H. The van der Waals surface area contributed by atoms with Gasteiger partial charge in [0.05, 0.1) is 12.5 Å². The lowest BCUT2D eigenvalue weighted by Crippen LogP contribution is -2.22. The minimum atomic E-state index is -0.544. The molecule has 1 aromatic heterocycles. The van der Waals surface area contributed by atoms with Crippen LogP contribution in [0.3, 0.4) is 0 Å². The summed E-state index contributed by atoms with van der Waals surface area (Å²) in [5.41, 5.74) is 1.41. The number of aliphatic hydroxyl groups excluding tert-OH is 2. The summed E-state index contributed by atoms with van der Waals surface area (Å²) in [5.74, 6) is 0.333. The smallest absolute Gasteiger partial charge is 0.230 e. The first kappa shape index (κ1) is 24.2. The number of aromatic nitrogens is 1. The SMILES string of the molecule is Cl.Cn1c(CC(=O)Nc2ccc(OCO)c(OCO)c2)csc1=NC1CCCCC1. The van der Waals surface area contributed by atoms with Crippen LogP contribution in [0.25, 0.3) is 0 Å². The van der Waals surface area contributed by atoms with Crippen molar-refractivity contribution >= 4 is 35.3 Å². The van der Waals surface area contributed by atoms with Gasteiger partial charge in [0.25, 0.3) is 0 Å². The summed E-state index contributed by atoms with van der Waals surface area (Å²) in [4.78, 5) is 18.3. The van der Waals surface area contributed by atoms with Crippen LogP contribution in [0.2, 0.25) is 0 Å². The molecule has 10 heteroatoms. The van der Waals surface area contributed by atoms with Gasteiger partial charge in [-0.2, -0.15) is 0 Å². The molecule has 3 N–H and O–H groups in total. The average Bonchev–Trinajstić information content (AvgIpc) is 3.04. The van der Waals surface area contributed by atoms with Crippen LogP contribution in [0.1, 0.15) is 37.8 Å². The fourth-order valence-electron chi connectivity index (χ4n) is 3.37. The summed E-state index contributed by atoms with van der Waals surface area (Å²) >= 11 is 1.56. The summed E-state index contributed by atoms with van der Waals surface area (Å²) in [7, 11) is 1.94. The zero-order chi connectivity index (χ0) is 20.6. The topological polar surface area (TPSA) is 105 Å². The Bertz CT molecular complexity index is 893. The Labute approximate surface area is 185 Å². The summed E-state index contributed by atoms with van der Waals surface area (Å²) in [6.07, 6.45) is 6.28. The Kier molecular flexibility index (Phi) is 9.64. The molecule has 1 heterocycles. The molecule has 1 saturated carbocycles. The quantitative estimate of drug-likeness (QED) is 0.528. The largest absolute Gasteiger partial charge is 0.464 e. The van der Waals surface area contributed by atoms with E-state index in [0.29, 0.717) is 11.7 Å². The number of carbonyl (C=O) groups is 1. The van der Waals surface area contributed by atoms with Gasteiger partial charge in [-0.15, -0.1) is 23.7 Å². The molecule has 1 aromatic carbocycles. The van der Waals surface area contributed by atoms with E-state index in [-0.39, 0.29) is 36.2 Å². The highest BCUT2D eigenvalue weighted by atomic mass is 35.5. The Morgan fingerprint density at radius 2 is 1.90 bits per heavy atom. The molecule has 3 rings (SSSR count). The molecule has 1 amide bonds. The van der Waals surface area contributed by atoms with Gasteiger partial charge in [0.1, 0.15) is 0 Å². The minimum absolute atomic E-state index is 0. The van der Waals surface area contributed by atoms with Crippen molar-refractivity contribution in [1.82, 2.24) is 4.57 Å². The Hall–Kier alpha value is -2.07. The van der Waals surface area contributed by atoms with Crippen LogP contribution < -0.4 is 19.6 Å². The Morgan fingerprint density at radius 3 is 2.60 bits per heavy atom. The maximum Gasteiger partial charge on any atom is 0.230 e. The van der Waals surface area contributed by atoms with E-state index in [1.807, 2.05) is 17.0 Å².